The molecule has 1 aliphatic rings. The van der Waals surface area contributed by atoms with Gasteiger partial charge in [-0.05, 0) is 20.3 Å². The smallest absolute Gasteiger partial charge is 0.301 e. The Labute approximate surface area is 139 Å². The number of alkyl halides is 4. The first-order valence-corrected chi connectivity index (χ1v) is 9.15. The van der Waals surface area contributed by atoms with Gasteiger partial charge < -0.3 is 5.32 Å². The summed E-state index contributed by atoms with van der Waals surface area (Å²) in [5.41, 5.74) is -1.18. The standard InChI is InChI=1S/C12H15F4N3O3S2/c1-11(2,24(21,22)19-4-3-7(13)5-19)9(20)18-10-17-8(6-23-10)12(14,15)16/h6-7H,3-5H2,1-2H3,(H,17,18,20). The Balaban J connectivity index is 2.17. The Kier molecular flexibility index (Phi) is 4.94. The lowest BCUT2D eigenvalue weighted by atomic mass is 10.2. The summed E-state index contributed by atoms with van der Waals surface area (Å²) in [6.45, 7) is 1.84. The average molecular weight is 389 g/mol. The summed E-state index contributed by atoms with van der Waals surface area (Å²) < 4.78 is 74.6. The third kappa shape index (κ3) is 3.54. The van der Waals surface area contributed by atoms with E-state index in [4.69, 9.17) is 0 Å². The third-order valence-electron chi connectivity index (χ3n) is 3.64. The average Bonchev–Trinajstić information content (AvgIpc) is 3.07. The fraction of sp³-hybridized carbons (Fsp3) is 0.667. The van der Waals surface area contributed by atoms with Crippen LogP contribution in [0, 0.1) is 0 Å². The summed E-state index contributed by atoms with van der Waals surface area (Å²) in [5.74, 6) is -1.03. The fourth-order valence-corrected chi connectivity index (χ4v) is 4.40. The zero-order valence-corrected chi connectivity index (χ0v) is 14.4. The van der Waals surface area contributed by atoms with Gasteiger partial charge in [0.2, 0.25) is 15.9 Å². The Bertz CT molecular complexity index is 730. The minimum absolute atomic E-state index is 0.0400. The molecular weight excluding hydrogens is 374 g/mol. The SMILES string of the molecule is CC(C)(C(=O)Nc1nc(C(F)(F)F)cs1)S(=O)(=O)N1CCC(F)C1. The molecular formula is C12H15F4N3O3S2. The molecule has 1 N–H and O–H groups in total. The van der Waals surface area contributed by atoms with Crippen LogP contribution < -0.4 is 5.32 Å². The van der Waals surface area contributed by atoms with Crippen molar-refractivity contribution in [2.75, 3.05) is 18.4 Å². The number of thiazole rings is 1. The van der Waals surface area contributed by atoms with E-state index in [2.05, 4.69) is 10.3 Å². The summed E-state index contributed by atoms with van der Waals surface area (Å²) in [4.78, 5) is 15.5. The van der Waals surface area contributed by atoms with Crippen molar-refractivity contribution in [1.82, 2.24) is 9.29 Å². The molecule has 1 fully saturated rings. The van der Waals surface area contributed by atoms with Crippen molar-refractivity contribution in [3.63, 3.8) is 0 Å². The topological polar surface area (TPSA) is 79.4 Å². The number of anilines is 1. The van der Waals surface area contributed by atoms with E-state index in [9.17, 15) is 30.8 Å². The number of rotatable bonds is 4. The molecule has 6 nitrogen and oxygen atoms in total. The Morgan fingerprint density at radius 1 is 1.42 bits per heavy atom. The van der Waals surface area contributed by atoms with Crippen LogP contribution in [0.4, 0.5) is 22.7 Å². The number of sulfonamides is 1. The lowest BCUT2D eigenvalue weighted by Crippen LogP contribution is -2.51. The van der Waals surface area contributed by atoms with Crippen LogP contribution in [0.1, 0.15) is 26.0 Å². The number of carbonyl (C=O) groups excluding carboxylic acids is 1. The van der Waals surface area contributed by atoms with Crippen LogP contribution in [0.15, 0.2) is 5.38 Å². The number of aromatic nitrogens is 1. The number of hydrogen-bond acceptors (Lipinski definition) is 5. The van der Waals surface area contributed by atoms with Gasteiger partial charge >= 0.3 is 6.18 Å². The van der Waals surface area contributed by atoms with Gasteiger partial charge in [-0.15, -0.1) is 11.3 Å². The predicted octanol–water partition coefficient (Wildman–Crippen LogP) is 2.25. The summed E-state index contributed by atoms with van der Waals surface area (Å²) >= 11 is 0.533. The number of amides is 1. The first-order chi connectivity index (χ1) is 10.9. The van der Waals surface area contributed by atoms with Crippen molar-refractivity contribution in [2.45, 2.75) is 37.4 Å². The second-order valence-electron chi connectivity index (χ2n) is 5.75. The van der Waals surface area contributed by atoms with E-state index in [1.165, 1.54) is 0 Å². The molecule has 0 aromatic carbocycles. The number of nitrogens with zero attached hydrogens (tertiary/aromatic N) is 2. The minimum Gasteiger partial charge on any atom is -0.301 e. The molecule has 0 spiro atoms. The molecule has 136 valence electrons. The van der Waals surface area contributed by atoms with Gasteiger partial charge in [-0.1, -0.05) is 0 Å². The maximum Gasteiger partial charge on any atom is 0.434 e. The molecule has 2 heterocycles. The molecule has 0 radical (unpaired) electrons. The molecule has 12 heteroatoms. The zero-order valence-electron chi connectivity index (χ0n) is 12.7. The largest absolute Gasteiger partial charge is 0.434 e. The number of hydrogen-bond donors (Lipinski definition) is 1. The highest BCUT2D eigenvalue weighted by atomic mass is 32.2. The van der Waals surface area contributed by atoms with Crippen LogP contribution in [0.2, 0.25) is 0 Å². The molecule has 1 aliphatic heterocycles. The third-order valence-corrected chi connectivity index (χ3v) is 6.88. The van der Waals surface area contributed by atoms with Crippen molar-refractivity contribution in [3.8, 4) is 0 Å². The van der Waals surface area contributed by atoms with Crippen LogP contribution in [0.25, 0.3) is 0 Å². The highest BCUT2D eigenvalue weighted by Crippen LogP contribution is 2.32. The lowest BCUT2D eigenvalue weighted by molar-refractivity contribution is -0.140. The van der Waals surface area contributed by atoms with Crippen LogP contribution >= 0.6 is 11.3 Å². The molecule has 1 aromatic rings. The highest BCUT2D eigenvalue weighted by Gasteiger charge is 2.48. The van der Waals surface area contributed by atoms with Crippen molar-refractivity contribution in [1.29, 1.82) is 0 Å². The van der Waals surface area contributed by atoms with Gasteiger partial charge in [0.15, 0.2) is 15.6 Å². The number of halogens is 4. The molecule has 0 saturated carbocycles. The molecule has 0 bridgehead atoms. The zero-order chi connectivity index (χ0) is 18.3. The lowest BCUT2D eigenvalue weighted by Gasteiger charge is -2.28. The van der Waals surface area contributed by atoms with Crippen LogP contribution in [-0.2, 0) is 21.0 Å². The van der Waals surface area contributed by atoms with Crippen LogP contribution in [0.5, 0.6) is 0 Å². The van der Waals surface area contributed by atoms with E-state index in [0.29, 0.717) is 16.7 Å². The van der Waals surface area contributed by atoms with Crippen molar-refractivity contribution < 1.29 is 30.8 Å². The molecule has 1 saturated heterocycles. The number of nitrogens with one attached hydrogen (secondary N) is 1. The van der Waals surface area contributed by atoms with Crippen molar-refractivity contribution in [2.24, 2.45) is 0 Å². The normalized spacial score (nSPS) is 20.3. The van der Waals surface area contributed by atoms with Gasteiger partial charge in [0, 0.05) is 18.5 Å². The minimum atomic E-state index is -4.66. The molecule has 24 heavy (non-hydrogen) atoms. The molecule has 1 atom stereocenters. The maximum absolute atomic E-state index is 13.2. The van der Waals surface area contributed by atoms with Gasteiger partial charge in [0.1, 0.15) is 6.17 Å². The van der Waals surface area contributed by atoms with Crippen molar-refractivity contribution >= 4 is 32.4 Å². The van der Waals surface area contributed by atoms with Crippen molar-refractivity contribution in [3.05, 3.63) is 11.1 Å². The fourth-order valence-electron chi connectivity index (χ4n) is 2.05. The Hall–Kier alpha value is -1.27. The van der Waals surface area contributed by atoms with Crippen LogP contribution in [0.3, 0.4) is 0 Å². The van der Waals surface area contributed by atoms with Gasteiger partial charge in [-0.2, -0.15) is 17.5 Å². The van der Waals surface area contributed by atoms with E-state index in [-0.39, 0.29) is 24.6 Å². The van der Waals surface area contributed by atoms with Gasteiger partial charge in [0.25, 0.3) is 0 Å². The molecule has 2 rings (SSSR count). The van der Waals surface area contributed by atoms with E-state index in [1.54, 1.807) is 0 Å². The monoisotopic (exact) mass is 389 g/mol. The second-order valence-corrected chi connectivity index (χ2v) is 9.09. The van der Waals surface area contributed by atoms with E-state index in [1.807, 2.05) is 0 Å². The summed E-state index contributed by atoms with van der Waals surface area (Å²) in [6.07, 6.45) is -5.92. The predicted molar refractivity (Wildman–Crippen MR) is 79.8 cm³/mol. The Morgan fingerprint density at radius 3 is 2.50 bits per heavy atom. The molecule has 1 aromatic heterocycles. The second kappa shape index (κ2) is 6.23. The summed E-state index contributed by atoms with van der Waals surface area (Å²) in [5, 5.41) is 2.44. The number of carbonyl (C=O) groups is 1. The van der Waals surface area contributed by atoms with Gasteiger partial charge in [-0.3, -0.25) is 4.79 Å². The molecule has 1 amide bonds. The van der Waals surface area contributed by atoms with Crippen LogP contribution in [-0.4, -0.2) is 47.6 Å². The molecule has 1 unspecified atom stereocenters. The summed E-state index contributed by atoms with van der Waals surface area (Å²) in [6, 6.07) is 0. The van der Waals surface area contributed by atoms with E-state index in [0.717, 1.165) is 18.2 Å². The first kappa shape index (κ1) is 19.1. The molecule has 0 aliphatic carbocycles. The Morgan fingerprint density at radius 2 is 2.04 bits per heavy atom. The maximum atomic E-state index is 13.2. The van der Waals surface area contributed by atoms with E-state index < -0.39 is 38.7 Å². The first-order valence-electron chi connectivity index (χ1n) is 6.83. The van der Waals surface area contributed by atoms with Gasteiger partial charge in [0.05, 0.1) is 0 Å². The highest BCUT2D eigenvalue weighted by molar-refractivity contribution is 7.91. The quantitative estimate of drug-likeness (QED) is 0.801. The van der Waals surface area contributed by atoms with E-state index >= 15 is 0 Å². The summed E-state index contributed by atoms with van der Waals surface area (Å²) in [7, 11) is -4.18. The van der Waals surface area contributed by atoms with Gasteiger partial charge in [-0.25, -0.2) is 17.8 Å².